The summed E-state index contributed by atoms with van der Waals surface area (Å²) in [6, 6.07) is 0. The summed E-state index contributed by atoms with van der Waals surface area (Å²) in [4.78, 5) is 19.8. The molecule has 4 nitrogen and oxygen atoms in total. The Balaban J connectivity index is 2.01. The smallest absolute Gasteiger partial charge is 0.280 e. The first-order chi connectivity index (χ1) is 11.3. The second kappa shape index (κ2) is 6.51. The molecule has 2 aromatic rings. The molecule has 1 aliphatic rings. The molecule has 0 fully saturated rings. The van der Waals surface area contributed by atoms with Crippen LogP contribution in [0.5, 0.6) is 0 Å². The van der Waals surface area contributed by atoms with Crippen LogP contribution in [0.25, 0.3) is 10.2 Å². The van der Waals surface area contributed by atoms with Crippen molar-refractivity contribution in [3.63, 3.8) is 0 Å². The summed E-state index contributed by atoms with van der Waals surface area (Å²) in [5, 5.41) is 0.782. The van der Waals surface area contributed by atoms with Crippen molar-refractivity contribution in [2.45, 2.75) is 72.6 Å². The van der Waals surface area contributed by atoms with E-state index in [0.29, 0.717) is 11.3 Å². The Morgan fingerprint density at radius 3 is 2.75 bits per heavy atom. The molecular weight excluding hydrogens is 318 g/mol. The number of aromatic nitrogens is 2. The molecule has 0 aromatic carbocycles. The molecule has 2 aromatic heterocycles. The van der Waals surface area contributed by atoms with Gasteiger partial charge in [0.15, 0.2) is 0 Å². The number of thiophene rings is 1. The molecule has 0 unspecified atom stereocenters. The van der Waals surface area contributed by atoms with Gasteiger partial charge in [0.25, 0.3) is 5.56 Å². The largest absolute Gasteiger partial charge is 0.335 e. The van der Waals surface area contributed by atoms with Gasteiger partial charge in [-0.2, -0.15) is 0 Å². The van der Waals surface area contributed by atoms with Gasteiger partial charge in [-0.15, -0.1) is 11.3 Å². The van der Waals surface area contributed by atoms with Gasteiger partial charge in [-0.25, -0.2) is 9.66 Å². The van der Waals surface area contributed by atoms with Crippen molar-refractivity contribution < 1.29 is 0 Å². The van der Waals surface area contributed by atoms with Gasteiger partial charge in [0.05, 0.1) is 5.39 Å². The highest BCUT2D eigenvalue weighted by Gasteiger charge is 2.32. The van der Waals surface area contributed by atoms with Gasteiger partial charge < -0.3 is 5.84 Å². The number of aryl methyl sites for hydroxylation is 2. The molecule has 1 aliphatic carbocycles. The molecule has 5 heteroatoms. The van der Waals surface area contributed by atoms with Crippen molar-refractivity contribution in [1.82, 2.24) is 9.66 Å². The van der Waals surface area contributed by atoms with E-state index < -0.39 is 0 Å². The lowest BCUT2D eigenvalue weighted by molar-refractivity contribution is 0.218. The van der Waals surface area contributed by atoms with Crippen LogP contribution < -0.4 is 11.4 Å². The highest BCUT2D eigenvalue weighted by Crippen LogP contribution is 2.42. The van der Waals surface area contributed by atoms with Crippen LogP contribution in [0.3, 0.4) is 0 Å². The van der Waals surface area contributed by atoms with Crippen molar-refractivity contribution in [3.8, 4) is 0 Å². The minimum absolute atomic E-state index is 0.0572. The molecule has 3 rings (SSSR count). The summed E-state index contributed by atoms with van der Waals surface area (Å²) in [5.74, 6) is 7.46. The molecule has 2 heterocycles. The summed E-state index contributed by atoms with van der Waals surface area (Å²) in [7, 11) is 0. The number of fused-ring (bicyclic) bond motifs is 3. The van der Waals surface area contributed by atoms with Crippen LogP contribution in [-0.4, -0.2) is 9.66 Å². The van der Waals surface area contributed by atoms with E-state index in [4.69, 9.17) is 10.8 Å². The lowest BCUT2D eigenvalue weighted by Crippen LogP contribution is -2.32. The fourth-order valence-electron chi connectivity index (χ4n) is 3.73. The lowest BCUT2D eigenvalue weighted by atomic mass is 9.72. The van der Waals surface area contributed by atoms with Crippen molar-refractivity contribution in [1.29, 1.82) is 0 Å². The molecule has 1 atom stereocenters. The van der Waals surface area contributed by atoms with Gasteiger partial charge in [0, 0.05) is 11.3 Å². The Kier molecular flexibility index (Phi) is 4.73. The van der Waals surface area contributed by atoms with Gasteiger partial charge in [0.2, 0.25) is 0 Å². The summed E-state index contributed by atoms with van der Waals surface area (Å²) < 4.78 is 1.29. The zero-order chi connectivity index (χ0) is 17.5. The van der Waals surface area contributed by atoms with Crippen LogP contribution in [0, 0.1) is 11.3 Å². The summed E-state index contributed by atoms with van der Waals surface area (Å²) in [5.41, 5.74) is 1.46. The minimum atomic E-state index is -0.0572. The van der Waals surface area contributed by atoms with Gasteiger partial charge in [-0.1, -0.05) is 40.5 Å². The number of unbranched alkanes of at least 4 members (excludes halogenated alkanes) is 2. The van der Waals surface area contributed by atoms with Gasteiger partial charge in [-0.05, 0) is 42.6 Å². The van der Waals surface area contributed by atoms with E-state index in [9.17, 15) is 4.79 Å². The van der Waals surface area contributed by atoms with Crippen molar-refractivity contribution in [3.05, 3.63) is 26.6 Å². The Morgan fingerprint density at radius 1 is 1.33 bits per heavy atom. The molecule has 0 bridgehead atoms. The van der Waals surface area contributed by atoms with Crippen LogP contribution in [0.2, 0.25) is 0 Å². The predicted octanol–water partition coefficient (Wildman–Crippen LogP) is 4.06. The van der Waals surface area contributed by atoms with E-state index in [1.54, 1.807) is 11.3 Å². The van der Waals surface area contributed by atoms with Gasteiger partial charge in [0.1, 0.15) is 10.7 Å². The first-order valence-electron chi connectivity index (χ1n) is 9.14. The number of hydrogen-bond acceptors (Lipinski definition) is 4. The Morgan fingerprint density at radius 2 is 2.08 bits per heavy atom. The average molecular weight is 348 g/mol. The summed E-state index contributed by atoms with van der Waals surface area (Å²) in [6.07, 6.45) is 7.29. The normalized spacial score (nSPS) is 18.1. The first kappa shape index (κ1) is 17.5. The molecule has 2 N–H and O–H groups in total. The topological polar surface area (TPSA) is 60.9 Å². The number of nitrogen functional groups attached to an aromatic ring is 1. The molecule has 132 valence electrons. The fraction of sp³-hybridized carbons (Fsp3) is 0.684. The molecular formula is C19H29N3OS. The standard InChI is InChI=1S/C19H29N3OS/c1-5-6-7-8-15-21-17-16(18(23)22(15)20)13-10-9-12(19(2,3)4)11-14(13)24-17/h12H,5-11,20H2,1-4H3/t12-/m1/s1. The van der Waals surface area contributed by atoms with E-state index in [1.807, 2.05) is 0 Å². The maximum atomic E-state index is 12.8. The third-order valence-corrected chi connectivity index (χ3v) is 6.56. The maximum Gasteiger partial charge on any atom is 0.280 e. The number of nitrogens with two attached hydrogens (primary N) is 1. The van der Waals surface area contributed by atoms with Crippen molar-refractivity contribution >= 4 is 21.6 Å². The highest BCUT2D eigenvalue weighted by molar-refractivity contribution is 7.18. The second-order valence-electron chi connectivity index (χ2n) is 8.15. The molecule has 0 saturated heterocycles. The molecule has 0 radical (unpaired) electrons. The zero-order valence-corrected chi connectivity index (χ0v) is 16.1. The fourth-order valence-corrected chi connectivity index (χ4v) is 5.04. The van der Waals surface area contributed by atoms with E-state index >= 15 is 0 Å². The molecule has 0 spiro atoms. The van der Waals surface area contributed by atoms with Crippen LogP contribution >= 0.6 is 11.3 Å². The monoisotopic (exact) mass is 347 g/mol. The number of nitrogens with zero attached hydrogens (tertiary/aromatic N) is 2. The Labute approximate surface area is 148 Å². The van der Waals surface area contributed by atoms with Crippen LogP contribution in [-0.2, 0) is 19.3 Å². The van der Waals surface area contributed by atoms with Gasteiger partial charge >= 0.3 is 0 Å². The van der Waals surface area contributed by atoms with Crippen LogP contribution in [0.1, 0.15) is 69.6 Å². The Bertz CT molecular complexity index is 798. The molecule has 24 heavy (non-hydrogen) atoms. The van der Waals surface area contributed by atoms with Crippen LogP contribution in [0.15, 0.2) is 4.79 Å². The molecule has 0 aliphatic heterocycles. The van der Waals surface area contributed by atoms with E-state index in [-0.39, 0.29) is 5.56 Å². The quantitative estimate of drug-likeness (QED) is 0.670. The number of hydrogen-bond donors (Lipinski definition) is 1. The van der Waals surface area contributed by atoms with Gasteiger partial charge in [-0.3, -0.25) is 4.79 Å². The first-order valence-corrected chi connectivity index (χ1v) is 9.95. The predicted molar refractivity (Wildman–Crippen MR) is 102 cm³/mol. The van der Waals surface area contributed by atoms with Crippen LogP contribution in [0.4, 0.5) is 0 Å². The third-order valence-electron chi connectivity index (χ3n) is 5.42. The van der Waals surface area contributed by atoms with E-state index in [1.165, 1.54) is 15.1 Å². The summed E-state index contributed by atoms with van der Waals surface area (Å²) in [6.45, 7) is 9.11. The zero-order valence-electron chi connectivity index (χ0n) is 15.3. The second-order valence-corrected chi connectivity index (χ2v) is 9.23. The van der Waals surface area contributed by atoms with Crippen molar-refractivity contribution in [2.24, 2.45) is 11.3 Å². The van der Waals surface area contributed by atoms with E-state index in [2.05, 4.69) is 27.7 Å². The Hall–Kier alpha value is -1.36. The van der Waals surface area contributed by atoms with E-state index in [0.717, 1.165) is 61.0 Å². The average Bonchev–Trinajstić information content (AvgIpc) is 2.88. The molecule has 0 amide bonds. The SMILES string of the molecule is CCCCCc1nc2sc3c(c2c(=O)n1N)CC[C@@H](C(C)(C)C)C3. The maximum absolute atomic E-state index is 12.8. The minimum Gasteiger partial charge on any atom is -0.335 e. The summed E-state index contributed by atoms with van der Waals surface area (Å²) >= 11 is 1.72. The number of rotatable bonds is 4. The van der Waals surface area contributed by atoms with Crippen molar-refractivity contribution in [2.75, 3.05) is 5.84 Å². The lowest BCUT2D eigenvalue weighted by Gasteiger charge is -2.33. The molecule has 0 saturated carbocycles. The highest BCUT2D eigenvalue weighted by atomic mass is 32.1. The third kappa shape index (κ3) is 3.10.